The fourth-order valence-electron chi connectivity index (χ4n) is 2.16. The summed E-state index contributed by atoms with van der Waals surface area (Å²) in [6, 6.07) is 8.74. The molecule has 0 radical (unpaired) electrons. The third-order valence-electron chi connectivity index (χ3n) is 3.97. The molecule has 76 valence electrons. The number of hydrogen-bond donors (Lipinski definition) is 1. The molecule has 0 unspecified atom stereocenters. The minimum absolute atomic E-state index is 0.168. The van der Waals surface area contributed by atoms with Gasteiger partial charge in [0, 0.05) is 17.5 Å². The molecule has 2 rings (SSSR count). The molecule has 1 heteroatoms. The molecule has 1 aromatic rings. The summed E-state index contributed by atoms with van der Waals surface area (Å²) in [6.45, 7) is 10.2. The van der Waals surface area contributed by atoms with Crippen LogP contribution in [-0.2, 0) is 12.0 Å². The highest BCUT2D eigenvalue weighted by Gasteiger charge is 2.41. The van der Waals surface area contributed by atoms with Crippen LogP contribution < -0.4 is 5.32 Å². The van der Waals surface area contributed by atoms with Crippen LogP contribution >= 0.6 is 0 Å². The second kappa shape index (κ2) is 2.83. The zero-order chi connectivity index (χ0) is 10.4. The van der Waals surface area contributed by atoms with E-state index >= 15 is 0 Å². The summed E-state index contributed by atoms with van der Waals surface area (Å²) in [4.78, 5) is 0. The van der Waals surface area contributed by atoms with E-state index in [9.17, 15) is 0 Å². The molecule has 0 amide bonds. The second-order valence-electron chi connectivity index (χ2n) is 5.26. The van der Waals surface area contributed by atoms with Gasteiger partial charge in [-0.3, -0.25) is 0 Å². The summed E-state index contributed by atoms with van der Waals surface area (Å²) in [5, 5.41) is 3.60. The molecule has 0 saturated heterocycles. The first-order chi connectivity index (χ1) is 6.45. The van der Waals surface area contributed by atoms with E-state index in [0.717, 1.165) is 6.54 Å². The summed E-state index contributed by atoms with van der Waals surface area (Å²) in [5.41, 5.74) is 3.30. The maximum Gasteiger partial charge on any atom is 0.0219 e. The largest absolute Gasteiger partial charge is 0.307 e. The van der Waals surface area contributed by atoms with E-state index in [1.165, 1.54) is 11.1 Å². The highest BCUT2D eigenvalue weighted by Crippen LogP contribution is 2.39. The van der Waals surface area contributed by atoms with E-state index in [1.54, 1.807) is 0 Å². The molecule has 1 aromatic carbocycles. The van der Waals surface area contributed by atoms with Gasteiger partial charge in [-0.05, 0) is 25.0 Å². The summed E-state index contributed by atoms with van der Waals surface area (Å²) in [6.07, 6.45) is 0. The van der Waals surface area contributed by atoms with Crippen molar-refractivity contribution in [3.05, 3.63) is 35.4 Å². The van der Waals surface area contributed by atoms with E-state index < -0.39 is 0 Å². The van der Waals surface area contributed by atoms with Crippen LogP contribution in [-0.4, -0.2) is 5.54 Å². The summed E-state index contributed by atoms with van der Waals surface area (Å²) in [7, 11) is 0. The van der Waals surface area contributed by atoms with Crippen molar-refractivity contribution in [2.24, 2.45) is 0 Å². The molecule has 1 aliphatic heterocycles. The van der Waals surface area contributed by atoms with Crippen LogP contribution in [0.2, 0.25) is 0 Å². The second-order valence-corrected chi connectivity index (χ2v) is 5.26. The zero-order valence-corrected chi connectivity index (χ0v) is 9.52. The Morgan fingerprint density at radius 2 is 1.71 bits per heavy atom. The Balaban J connectivity index is 2.57. The first-order valence-electron chi connectivity index (χ1n) is 5.28. The lowest BCUT2D eigenvalue weighted by Gasteiger charge is -2.47. The maximum absolute atomic E-state index is 3.60. The Bertz CT molecular complexity index is 350. The van der Waals surface area contributed by atoms with Crippen molar-refractivity contribution in [1.29, 1.82) is 0 Å². The van der Waals surface area contributed by atoms with Gasteiger partial charge in [-0.1, -0.05) is 38.1 Å². The van der Waals surface area contributed by atoms with Crippen LogP contribution in [0.25, 0.3) is 0 Å². The topological polar surface area (TPSA) is 12.0 Å². The van der Waals surface area contributed by atoms with Gasteiger partial charge in [0.2, 0.25) is 0 Å². The number of nitrogens with one attached hydrogen (secondary N) is 1. The van der Waals surface area contributed by atoms with Crippen molar-refractivity contribution < 1.29 is 0 Å². The number of rotatable bonds is 0. The quantitative estimate of drug-likeness (QED) is 0.661. The minimum Gasteiger partial charge on any atom is -0.307 e. The Kier molecular flexibility index (Phi) is 1.97. The molecule has 1 N–H and O–H groups in total. The van der Waals surface area contributed by atoms with Crippen molar-refractivity contribution in [2.45, 2.75) is 45.2 Å². The molecule has 0 bridgehead atoms. The molecular weight excluding hydrogens is 170 g/mol. The standard InChI is InChI=1S/C13H19N/c1-12(2)11-8-6-5-7-10(11)9-14-13(12,3)4/h5-8,14H,9H2,1-4H3. The Labute approximate surface area is 86.5 Å². The summed E-state index contributed by atoms with van der Waals surface area (Å²) in [5.74, 6) is 0. The highest BCUT2D eigenvalue weighted by molar-refractivity contribution is 5.38. The average Bonchev–Trinajstić information content (AvgIpc) is 2.13. The van der Waals surface area contributed by atoms with Crippen LogP contribution in [0.3, 0.4) is 0 Å². The lowest BCUT2D eigenvalue weighted by atomic mass is 9.66. The molecule has 0 saturated carbocycles. The number of fused-ring (bicyclic) bond motifs is 1. The molecular formula is C13H19N. The van der Waals surface area contributed by atoms with Gasteiger partial charge in [0.05, 0.1) is 0 Å². The van der Waals surface area contributed by atoms with Crippen molar-refractivity contribution in [3.63, 3.8) is 0 Å². The van der Waals surface area contributed by atoms with Gasteiger partial charge in [-0.2, -0.15) is 0 Å². The van der Waals surface area contributed by atoms with Crippen molar-refractivity contribution in [2.75, 3.05) is 0 Å². The first-order valence-corrected chi connectivity index (χ1v) is 5.28. The van der Waals surface area contributed by atoms with Gasteiger partial charge in [0.25, 0.3) is 0 Å². The van der Waals surface area contributed by atoms with Gasteiger partial charge in [-0.25, -0.2) is 0 Å². The van der Waals surface area contributed by atoms with E-state index in [2.05, 4.69) is 57.3 Å². The Hall–Kier alpha value is -0.820. The lowest BCUT2D eigenvalue weighted by Crippen LogP contribution is -2.56. The third kappa shape index (κ3) is 1.19. The van der Waals surface area contributed by atoms with Gasteiger partial charge in [-0.15, -0.1) is 0 Å². The first kappa shape index (κ1) is 9.72. The molecule has 1 aliphatic rings. The minimum atomic E-state index is 0.168. The third-order valence-corrected chi connectivity index (χ3v) is 3.97. The predicted octanol–water partition coefficient (Wildman–Crippen LogP) is 2.85. The fraction of sp³-hybridized carbons (Fsp3) is 0.538. The van der Waals surface area contributed by atoms with E-state index in [0.29, 0.717) is 0 Å². The Morgan fingerprint density at radius 3 is 2.43 bits per heavy atom. The molecule has 14 heavy (non-hydrogen) atoms. The van der Waals surface area contributed by atoms with Gasteiger partial charge >= 0.3 is 0 Å². The molecule has 0 aromatic heterocycles. The van der Waals surface area contributed by atoms with Crippen LogP contribution in [0, 0.1) is 0 Å². The summed E-state index contributed by atoms with van der Waals surface area (Å²) < 4.78 is 0. The lowest BCUT2D eigenvalue weighted by molar-refractivity contribution is 0.216. The summed E-state index contributed by atoms with van der Waals surface area (Å²) >= 11 is 0. The van der Waals surface area contributed by atoms with Crippen LogP contribution in [0.5, 0.6) is 0 Å². The zero-order valence-electron chi connectivity index (χ0n) is 9.52. The van der Waals surface area contributed by atoms with Gasteiger partial charge in [0.15, 0.2) is 0 Å². The van der Waals surface area contributed by atoms with Gasteiger partial charge < -0.3 is 5.32 Å². The molecule has 0 aliphatic carbocycles. The SMILES string of the molecule is CC1(C)NCc2ccccc2C1(C)C. The van der Waals surface area contributed by atoms with Crippen LogP contribution in [0.15, 0.2) is 24.3 Å². The molecule has 0 spiro atoms. The van der Waals surface area contributed by atoms with Gasteiger partial charge in [0.1, 0.15) is 0 Å². The number of hydrogen-bond acceptors (Lipinski definition) is 1. The number of benzene rings is 1. The monoisotopic (exact) mass is 189 g/mol. The maximum atomic E-state index is 3.60. The van der Waals surface area contributed by atoms with E-state index in [1.807, 2.05) is 0 Å². The molecule has 1 heterocycles. The van der Waals surface area contributed by atoms with Crippen LogP contribution in [0.1, 0.15) is 38.8 Å². The smallest absolute Gasteiger partial charge is 0.0219 e. The molecule has 1 nitrogen and oxygen atoms in total. The Morgan fingerprint density at radius 1 is 1.07 bits per heavy atom. The van der Waals surface area contributed by atoms with Crippen molar-refractivity contribution in [1.82, 2.24) is 5.32 Å². The van der Waals surface area contributed by atoms with Crippen molar-refractivity contribution in [3.8, 4) is 0 Å². The predicted molar refractivity (Wildman–Crippen MR) is 60.4 cm³/mol. The van der Waals surface area contributed by atoms with Crippen molar-refractivity contribution >= 4 is 0 Å². The fourth-order valence-corrected chi connectivity index (χ4v) is 2.16. The molecule has 0 fully saturated rings. The normalized spacial score (nSPS) is 22.9. The highest BCUT2D eigenvalue weighted by atomic mass is 15.0. The average molecular weight is 189 g/mol. The van der Waals surface area contributed by atoms with E-state index in [-0.39, 0.29) is 11.0 Å². The van der Waals surface area contributed by atoms with E-state index in [4.69, 9.17) is 0 Å². The molecule has 0 atom stereocenters. The van der Waals surface area contributed by atoms with Crippen LogP contribution in [0.4, 0.5) is 0 Å².